The van der Waals surface area contributed by atoms with Gasteiger partial charge >= 0.3 is 18.2 Å². The molecular weight excluding hydrogens is 465 g/mol. The molecule has 2 aromatic carbocycles. The van der Waals surface area contributed by atoms with Crippen LogP contribution in [0.2, 0.25) is 0 Å². The van der Waals surface area contributed by atoms with Gasteiger partial charge < -0.3 is 20.5 Å². The minimum absolute atomic E-state index is 0.0267. The van der Waals surface area contributed by atoms with Crippen molar-refractivity contribution >= 4 is 18.0 Å². The highest BCUT2D eigenvalue weighted by Crippen LogP contribution is 2.44. The SMILES string of the molecule is C=CCCC(NC(=O)CC(NC(=O)OCC1c2ccccc2-c2ccccc21)C(F)(F)F)C(=O)O. The molecule has 0 bridgehead atoms. The maximum atomic E-state index is 13.5. The Morgan fingerprint density at radius 3 is 2.11 bits per heavy atom. The van der Waals surface area contributed by atoms with E-state index in [1.165, 1.54) is 6.08 Å². The van der Waals surface area contributed by atoms with Gasteiger partial charge in [0.1, 0.15) is 18.7 Å². The molecule has 0 aromatic heterocycles. The first-order valence-corrected chi connectivity index (χ1v) is 10.9. The summed E-state index contributed by atoms with van der Waals surface area (Å²) in [6.45, 7) is 3.24. The van der Waals surface area contributed by atoms with Gasteiger partial charge in [0.25, 0.3) is 0 Å². The number of carboxylic acids is 1. The van der Waals surface area contributed by atoms with Gasteiger partial charge in [-0.05, 0) is 35.1 Å². The maximum Gasteiger partial charge on any atom is 0.409 e. The lowest BCUT2D eigenvalue weighted by Crippen LogP contribution is -2.50. The summed E-state index contributed by atoms with van der Waals surface area (Å²) in [6, 6.07) is 11.1. The molecule has 186 valence electrons. The van der Waals surface area contributed by atoms with Crippen molar-refractivity contribution in [2.75, 3.05) is 6.61 Å². The van der Waals surface area contributed by atoms with Crippen molar-refractivity contribution in [2.45, 2.75) is 43.4 Å². The van der Waals surface area contributed by atoms with Crippen LogP contribution >= 0.6 is 0 Å². The van der Waals surface area contributed by atoms with Crippen molar-refractivity contribution in [1.82, 2.24) is 10.6 Å². The van der Waals surface area contributed by atoms with E-state index in [0.29, 0.717) is 0 Å². The topological polar surface area (TPSA) is 105 Å². The largest absolute Gasteiger partial charge is 0.480 e. The van der Waals surface area contributed by atoms with E-state index < -0.39 is 42.7 Å². The van der Waals surface area contributed by atoms with Crippen LogP contribution in [0.1, 0.15) is 36.3 Å². The predicted octanol–water partition coefficient (Wildman–Crippen LogP) is 4.38. The molecule has 1 aliphatic rings. The molecule has 0 saturated heterocycles. The fourth-order valence-corrected chi connectivity index (χ4v) is 4.01. The molecule has 0 spiro atoms. The van der Waals surface area contributed by atoms with Gasteiger partial charge in [-0.15, -0.1) is 6.58 Å². The normalized spacial score (nSPS) is 14.3. The van der Waals surface area contributed by atoms with Gasteiger partial charge in [-0.1, -0.05) is 54.6 Å². The summed E-state index contributed by atoms with van der Waals surface area (Å²) in [4.78, 5) is 35.6. The third-order valence-corrected chi connectivity index (χ3v) is 5.71. The molecule has 0 heterocycles. The van der Waals surface area contributed by atoms with E-state index in [1.807, 2.05) is 53.8 Å². The lowest BCUT2D eigenvalue weighted by molar-refractivity contribution is -0.161. The van der Waals surface area contributed by atoms with Gasteiger partial charge in [0.2, 0.25) is 5.91 Å². The van der Waals surface area contributed by atoms with Crippen LogP contribution < -0.4 is 10.6 Å². The number of hydrogen-bond donors (Lipinski definition) is 3. The number of nitrogens with one attached hydrogen (secondary N) is 2. The molecule has 0 fully saturated rings. The predicted molar refractivity (Wildman–Crippen MR) is 122 cm³/mol. The number of carbonyl (C=O) groups excluding carboxylic acids is 2. The number of halogens is 3. The molecule has 35 heavy (non-hydrogen) atoms. The van der Waals surface area contributed by atoms with E-state index in [1.54, 1.807) is 5.32 Å². The summed E-state index contributed by atoms with van der Waals surface area (Å²) in [6.07, 6.45) is -5.82. The number of amides is 2. The summed E-state index contributed by atoms with van der Waals surface area (Å²) in [5.74, 6) is -2.89. The summed E-state index contributed by atoms with van der Waals surface area (Å²) >= 11 is 0. The number of alkyl halides is 3. The van der Waals surface area contributed by atoms with Crippen LogP contribution in [-0.4, -0.2) is 47.9 Å². The number of ether oxygens (including phenoxy) is 1. The quantitative estimate of drug-likeness (QED) is 0.429. The molecule has 10 heteroatoms. The van der Waals surface area contributed by atoms with E-state index in [-0.39, 0.29) is 25.4 Å². The second kappa shape index (κ2) is 11.1. The Labute approximate surface area is 200 Å². The van der Waals surface area contributed by atoms with Gasteiger partial charge in [-0.3, -0.25) is 4.79 Å². The van der Waals surface area contributed by atoms with Gasteiger partial charge in [-0.25, -0.2) is 9.59 Å². The fourth-order valence-electron chi connectivity index (χ4n) is 4.01. The summed E-state index contributed by atoms with van der Waals surface area (Å²) < 4.78 is 45.6. The monoisotopic (exact) mass is 490 g/mol. The van der Waals surface area contributed by atoms with Crippen LogP contribution in [0.25, 0.3) is 11.1 Å². The molecule has 2 atom stereocenters. The van der Waals surface area contributed by atoms with Crippen molar-refractivity contribution in [3.63, 3.8) is 0 Å². The highest BCUT2D eigenvalue weighted by molar-refractivity contribution is 5.84. The molecule has 0 aliphatic heterocycles. The van der Waals surface area contributed by atoms with Gasteiger partial charge in [-0.2, -0.15) is 13.2 Å². The van der Waals surface area contributed by atoms with Crippen LogP contribution in [-0.2, 0) is 14.3 Å². The van der Waals surface area contributed by atoms with E-state index in [9.17, 15) is 27.6 Å². The first-order chi connectivity index (χ1) is 16.6. The third-order valence-electron chi connectivity index (χ3n) is 5.71. The smallest absolute Gasteiger partial charge is 0.409 e. The highest BCUT2D eigenvalue weighted by Gasteiger charge is 2.43. The van der Waals surface area contributed by atoms with E-state index >= 15 is 0 Å². The average Bonchev–Trinajstić information content (AvgIpc) is 3.13. The Morgan fingerprint density at radius 2 is 1.60 bits per heavy atom. The Balaban J connectivity index is 1.63. The van der Waals surface area contributed by atoms with E-state index in [0.717, 1.165) is 22.3 Å². The van der Waals surface area contributed by atoms with E-state index in [2.05, 4.69) is 6.58 Å². The standard InChI is InChI=1S/C25H25F3N2O5/c1-2-3-12-20(23(32)33)29-22(31)13-21(25(26,27)28)30-24(34)35-14-19-17-10-6-4-8-15(17)16-9-5-7-11-18(16)19/h2,4-11,19-21H,1,3,12-14H2,(H,29,31)(H,30,34)(H,32,33). The zero-order valence-corrected chi connectivity index (χ0v) is 18.7. The molecule has 7 nitrogen and oxygen atoms in total. The molecule has 0 radical (unpaired) electrons. The number of aliphatic carboxylic acids is 1. The van der Waals surface area contributed by atoms with Crippen molar-refractivity contribution in [3.8, 4) is 11.1 Å². The van der Waals surface area contributed by atoms with Crippen LogP contribution in [0.5, 0.6) is 0 Å². The molecule has 2 unspecified atom stereocenters. The number of rotatable bonds is 10. The number of alkyl carbamates (subject to hydrolysis) is 1. The lowest BCUT2D eigenvalue weighted by Gasteiger charge is -2.23. The fraction of sp³-hybridized carbons (Fsp3) is 0.320. The number of hydrogen-bond acceptors (Lipinski definition) is 4. The van der Waals surface area contributed by atoms with Gasteiger partial charge in [0, 0.05) is 5.92 Å². The summed E-state index contributed by atoms with van der Waals surface area (Å²) in [5.41, 5.74) is 3.72. The molecule has 2 aromatic rings. The molecule has 1 aliphatic carbocycles. The Bertz CT molecular complexity index is 1060. The number of allylic oxidation sites excluding steroid dienone is 1. The highest BCUT2D eigenvalue weighted by atomic mass is 19.4. The van der Waals surface area contributed by atoms with Crippen LogP contribution in [0.4, 0.5) is 18.0 Å². The zero-order valence-electron chi connectivity index (χ0n) is 18.7. The average molecular weight is 490 g/mol. The molecule has 3 rings (SSSR count). The van der Waals surface area contributed by atoms with Crippen molar-refractivity contribution < 1.29 is 37.4 Å². The molecule has 3 N–H and O–H groups in total. The van der Waals surface area contributed by atoms with Crippen molar-refractivity contribution in [3.05, 3.63) is 72.3 Å². The molecule has 2 amide bonds. The molecular formula is C25H25F3N2O5. The third kappa shape index (κ3) is 6.40. The van der Waals surface area contributed by atoms with Crippen molar-refractivity contribution in [1.29, 1.82) is 0 Å². The first-order valence-electron chi connectivity index (χ1n) is 10.9. The lowest BCUT2D eigenvalue weighted by atomic mass is 9.98. The Morgan fingerprint density at radius 1 is 1.03 bits per heavy atom. The minimum Gasteiger partial charge on any atom is -0.480 e. The minimum atomic E-state index is -4.96. The number of fused-ring (bicyclic) bond motifs is 3. The summed E-state index contributed by atoms with van der Waals surface area (Å²) in [7, 11) is 0. The number of carbonyl (C=O) groups is 3. The first kappa shape index (κ1) is 25.8. The summed E-state index contributed by atoms with van der Waals surface area (Å²) in [5, 5.41) is 12.9. The zero-order chi connectivity index (χ0) is 25.6. The van der Waals surface area contributed by atoms with Crippen LogP contribution in [0.15, 0.2) is 61.2 Å². The van der Waals surface area contributed by atoms with Gasteiger partial charge in [0.15, 0.2) is 0 Å². The Kier molecular flexibility index (Phi) is 8.16. The molecule has 0 saturated carbocycles. The van der Waals surface area contributed by atoms with Crippen LogP contribution in [0.3, 0.4) is 0 Å². The Hall–Kier alpha value is -3.82. The second-order valence-corrected chi connectivity index (χ2v) is 8.09. The van der Waals surface area contributed by atoms with E-state index in [4.69, 9.17) is 9.84 Å². The maximum absolute atomic E-state index is 13.5. The number of benzene rings is 2. The van der Waals surface area contributed by atoms with Crippen molar-refractivity contribution in [2.24, 2.45) is 0 Å². The van der Waals surface area contributed by atoms with Gasteiger partial charge in [0.05, 0.1) is 6.42 Å². The number of carboxylic acid groups (broad SMARTS) is 1. The second-order valence-electron chi connectivity index (χ2n) is 8.09. The van der Waals surface area contributed by atoms with Crippen LogP contribution in [0, 0.1) is 0 Å².